The normalized spacial score (nSPS) is 12.3. The minimum Gasteiger partial charge on any atom is -0.329 e. The van der Waals surface area contributed by atoms with Crippen LogP contribution in [-0.2, 0) is 10.0 Å². The maximum Gasteiger partial charge on any atom is 0.215 e. The Balaban J connectivity index is 4.32. The van der Waals surface area contributed by atoms with Crippen molar-refractivity contribution >= 4 is 10.0 Å². The highest BCUT2D eigenvalue weighted by atomic mass is 32.2. The summed E-state index contributed by atoms with van der Waals surface area (Å²) in [6, 6.07) is 0. The molecule has 92 valence electrons. The quantitative estimate of drug-likeness (QED) is 0.654. The third-order valence-electron chi connectivity index (χ3n) is 2.29. The first-order chi connectivity index (χ1) is 7.08. The van der Waals surface area contributed by atoms with Gasteiger partial charge in [0.25, 0.3) is 0 Å². The van der Waals surface area contributed by atoms with Gasteiger partial charge in [-0.15, -0.1) is 0 Å². The molecule has 0 radical (unpaired) electrons. The third kappa shape index (κ3) is 6.12. The summed E-state index contributed by atoms with van der Waals surface area (Å²) in [5.74, 6) is 0.0699. The van der Waals surface area contributed by atoms with Gasteiger partial charge in [0.1, 0.15) is 0 Å². The number of sulfonamides is 1. The van der Waals surface area contributed by atoms with E-state index in [1.54, 1.807) is 4.31 Å². The van der Waals surface area contributed by atoms with E-state index in [0.717, 1.165) is 25.7 Å². The van der Waals surface area contributed by atoms with Gasteiger partial charge in [-0.05, 0) is 12.8 Å². The first kappa shape index (κ1) is 14.9. The summed E-state index contributed by atoms with van der Waals surface area (Å²) in [7, 11) is -3.11. The number of unbranched alkanes of at least 4 members (excludes halogenated alkanes) is 2. The van der Waals surface area contributed by atoms with Crippen molar-refractivity contribution in [2.45, 2.75) is 39.5 Å². The lowest BCUT2D eigenvalue weighted by Crippen LogP contribution is -2.36. The molecular weight excluding hydrogens is 212 g/mol. The van der Waals surface area contributed by atoms with Crippen molar-refractivity contribution in [2.24, 2.45) is 5.73 Å². The van der Waals surface area contributed by atoms with Gasteiger partial charge in [0.2, 0.25) is 10.0 Å². The predicted molar refractivity (Wildman–Crippen MR) is 64.2 cm³/mol. The van der Waals surface area contributed by atoms with Crippen LogP contribution in [0.5, 0.6) is 0 Å². The maximum atomic E-state index is 11.8. The molecule has 15 heavy (non-hydrogen) atoms. The molecule has 0 heterocycles. The Morgan fingerprint density at radius 2 is 1.53 bits per heavy atom. The number of nitrogens with zero attached hydrogens (tertiary/aromatic N) is 1. The Hall–Kier alpha value is -0.130. The van der Waals surface area contributed by atoms with Crippen molar-refractivity contribution < 1.29 is 8.42 Å². The molecule has 0 atom stereocenters. The van der Waals surface area contributed by atoms with Crippen LogP contribution in [0.2, 0.25) is 0 Å². The molecule has 0 aromatic rings. The molecule has 2 N–H and O–H groups in total. The molecule has 0 aliphatic rings. The van der Waals surface area contributed by atoms with Crippen LogP contribution in [0, 0.1) is 0 Å². The summed E-state index contributed by atoms with van der Waals surface area (Å²) in [6.45, 7) is 5.61. The molecule has 0 aliphatic heterocycles. The van der Waals surface area contributed by atoms with Gasteiger partial charge in [-0.1, -0.05) is 26.7 Å². The van der Waals surface area contributed by atoms with Crippen LogP contribution in [0.3, 0.4) is 0 Å². The highest BCUT2D eigenvalue weighted by Crippen LogP contribution is 2.06. The van der Waals surface area contributed by atoms with Gasteiger partial charge >= 0.3 is 0 Å². The Morgan fingerprint density at radius 1 is 1.07 bits per heavy atom. The summed E-state index contributed by atoms with van der Waals surface area (Å²) in [4.78, 5) is 0. The van der Waals surface area contributed by atoms with Crippen molar-refractivity contribution in [1.82, 2.24) is 4.31 Å². The van der Waals surface area contributed by atoms with E-state index in [-0.39, 0.29) is 12.3 Å². The largest absolute Gasteiger partial charge is 0.329 e. The fourth-order valence-electron chi connectivity index (χ4n) is 1.34. The molecule has 0 bridgehead atoms. The molecule has 0 saturated heterocycles. The summed E-state index contributed by atoms with van der Waals surface area (Å²) in [6.07, 6.45) is 3.88. The molecule has 0 rings (SSSR count). The highest BCUT2D eigenvalue weighted by Gasteiger charge is 2.19. The highest BCUT2D eigenvalue weighted by molar-refractivity contribution is 7.89. The zero-order valence-corrected chi connectivity index (χ0v) is 10.7. The average Bonchev–Trinajstić information content (AvgIpc) is 2.17. The summed E-state index contributed by atoms with van der Waals surface area (Å²) in [5.41, 5.74) is 5.30. The second-order valence-corrected chi connectivity index (χ2v) is 5.80. The molecule has 0 fully saturated rings. The second kappa shape index (κ2) is 8.07. The second-order valence-electron chi connectivity index (χ2n) is 3.71. The van der Waals surface area contributed by atoms with Crippen molar-refractivity contribution in [2.75, 3.05) is 25.4 Å². The van der Waals surface area contributed by atoms with Crippen LogP contribution in [-0.4, -0.2) is 38.1 Å². The lowest BCUT2D eigenvalue weighted by molar-refractivity contribution is 0.395. The maximum absolute atomic E-state index is 11.8. The van der Waals surface area contributed by atoms with Gasteiger partial charge in [0.05, 0.1) is 5.75 Å². The number of rotatable bonds is 9. The molecule has 0 saturated carbocycles. The van der Waals surface area contributed by atoms with Gasteiger partial charge in [-0.3, -0.25) is 0 Å². The summed E-state index contributed by atoms with van der Waals surface area (Å²) >= 11 is 0. The van der Waals surface area contributed by atoms with E-state index < -0.39 is 10.0 Å². The van der Waals surface area contributed by atoms with Gasteiger partial charge in [0.15, 0.2) is 0 Å². The van der Waals surface area contributed by atoms with Crippen LogP contribution in [0.1, 0.15) is 39.5 Å². The minimum atomic E-state index is -3.11. The van der Waals surface area contributed by atoms with Crippen LogP contribution < -0.4 is 5.73 Å². The zero-order chi connectivity index (χ0) is 11.7. The Labute approximate surface area is 93.9 Å². The topological polar surface area (TPSA) is 63.4 Å². The Morgan fingerprint density at radius 3 is 1.87 bits per heavy atom. The third-order valence-corrected chi connectivity index (χ3v) is 4.19. The standard InChI is InChI=1S/C10H24N2O2S/c1-3-5-8-12(9-6-4-2)15(13,14)10-7-11/h3-11H2,1-2H3. The predicted octanol–water partition coefficient (Wildman–Crippen LogP) is 1.18. The Bertz CT molecular complexity index is 232. The molecule has 0 spiro atoms. The van der Waals surface area contributed by atoms with Gasteiger partial charge in [-0.2, -0.15) is 0 Å². The van der Waals surface area contributed by atoms with Gasteiger partial charge in [0, 0.05) is 19.6 Å². The molecule has 5 heteroatoms. The van der Waals surface area contributed by atoms with E-state index >= 15 is 0 Å². The van der Waals surface area contributed by atoms with E-state index in [9.17, 15) is 8.42 Å². The lowest BCUT2D eigenvalue weighted by atomic mass is 10.3. The monoisotopic (exact) mass is 236 g/mol. The summed E-state index contributed by atoms with van der Waals surface area (Å²) in [5, 5.41) is 0. The first-order valence-electron chi connectivity index (χ1n) is 5.76. The van der Waals surface area contributed by atoms with Crippen LogP contribution in [0.4, 0.5) is 0 Å². The van der Waals surface area contributed by atoms with E-state index in [0.29, 0.717) is 13.1 Å². The fourth-order valence-corrected chi connectivity index (χ4v) is 2.71. The molecule has 0 aliphatic carbocycles. The van der Waals surface area contributed by atoms with E-state index in [4.69, 9.17) is 5.73 Å². The van der Waals surface area contributed by atoms with Crippen molar-refractivity contribution in [3.05, 3.63) is 0 Å². The van der Waals surface area contributed by atoms with Gasteiger partial charge < -0.3 is 5.73 Å². The Kier molecular flexibility index (Phi) is 8.00. The van der Waals surface area contributed by atoms with Crippen LogP contribution >= 0.6 is 0 Å². The molecule has 0 unspecified atom stereocenters. The van der Waals surface area contributed by atoms with Crippen LogP contribution in [0.25, 0.3) is 0 Å². The van der Waals surface area contributed by atoms with Crippen molar-refractivity contribution in [3.63, 3.8) is 0 Å². The first-order valence-corrected chi connectivity index (χ1v) is 7.37. The van der Waals surface area contributed by atoms with Crippen molar-refractivity contribution in [3.8, 4) is 0 Å². The molecule has 0 amide bonds. The van der Waals surface area contributed by atoms with Crippen LogP contribution in [0.15, 0.2) is 0 Å². The van der Waals surface area contributed by atoms with Gasteiger partial charge in [-0.25, -0.2) is 12.7 Å². The number of hydrogen-bond acceptors (Lipinski definition) is 3. The molecule has 0 aromatic heterocycles. The fraction of sp³-hybridized carbons (Fsp3) is 1.00. The lowest BCUT2D eigenvalue weighted by Gasteiger charge is -2.21. The van der Waals surface area contributed by atoms with E-state index in [2.05, 4.69) is 13.8 Å². The molecule has 0 aromatic carbocycles. The number of nitrogens with two attached hydrogens (primary N) is 1. The van der Waals surface area contributed by atoms with E-state index in [1.807, 2.05) is 0 Å². The average molecular weight is 236 g/mol. The number of hydrogen-bond donors (Lipinski definition) is 1. The zero-order valence-electron chi connectivity index (χ0n) is 9.91. The van der Waals surface area contributed by atoms with Crippen molar-refractivity contribution in [1.29, 1.82) is 0 Å². The molecule has 4 nitrogen and oxygen atoms in total. The van der Waals surface area contributed by atoms with E-state index in [1.165, 1.54) is 0 Å². The smallest absolute Gasteiger partial charge is 0.215 e. The summed E-state index contributed by atoms with van der Waals surface area (Å²) < 4.78 is 25.2. The minimum absolute atomic E-state index is 0.0699. The SMILES string of the molecule is CCCCN(CCCC)S(=O)(=O)CCN. The molecular formula is C10H24N2O2S.